The van der Waals surface area contributed by atoms with Crippen LogP contribution in [0.15, 0.2) is 41.3 Å². The number of amides is 2. The first-order valence-corrected chi connectivity index (χ1v) is 8.22. The van der Waals surface area contributed by atoms with Gasteiger partial charge in [0.25, 0.3) is 11.5 Å². The number of H-pyrrole nitrogens is 1. The molecule has 2 amide bonds. The first kappa shape index (κ1) is 18.3. The predicted octanol–water partition coefficient (Wildman–Crippen LogP) is 2.13. The number of aromatic amines is 1. The van der Waals surface area contributed by atoms with E-state index < -0.39 is 5.91 Å². The number of nitrogens with zero attached hydrogens (tertiary/aromatic N) is 3. The number of rotatable bonds is 4. The topological polar surface area (TPSA) is 122 Å². The Morgan fingerprint density at radius 1 is 1.15 bits per heavy atom. The SMILES string of the molecule is CC(=O)Nc1ccc(Cl)cc1NC(=O)c1cnn(-c2ccc(=O)[nH]n2)c1C. The maximum Gasteiger partial charge on any atom is 0.264 e. The minimum atomic E-state index is -0.433. The lowest BCUT2D eigenvalue weighted by Crippen LogP contribution is -2.16. The highest BCUT2D eigenvalue weighted by Crippen LogP contribution is 2.26. The molecule has 0 unspecified atom stereocenters. The first-order chi connectivity index (χ1) is 12.8. The Labute approximate surface area is 158 Å². The van der Waals surface area contributed by atoms with Gasteiger partial charge in [0.1, 0.15) is 0 Å². The quantitative estimate of drug-likeness (QED) is 0.634. The average molecular weight is 387 g/mol. The van der Waals surface area contributed by atoms with Crippen molar-refractivity contribution in [2.24, 2.45) is 0 Å². The standard InChI is InChI=1S/C17H15ClN6O3/c1-9-12(8-19-24(9)15-5-6-16(26)23-22-15)17(27)21-14-7-11(18)3-4-13(14)20-10(2)25/h3-8H,1-2H3,(H,20,25)(H,21,27)(H,23,26). The second-order valence-electron chi connectivity index (χ2n) is 5.66. The molecule has 0 saturated carbocycles. The van der Waals surface area contributed by atoms with Crippen LogP contribution in [0, 0.1) is 6.92 Å². The summed E-state index contributed by atoms with van der Waals surface area (Å²) in [6.07, 6.45) is 1.39. The van der Waals surface area contributed by atoms with Crippen LogP contribution in [0.4, 0.5) is 11.4 Å². The van der Waals surface area contributed by atoms with Gasteiger partial charge in [0.2, 0.25) is 5.91 Å². The summed E-state index contributed by atoms with van der Waals surface area (Å²) in [5.41, 5.74) is 1.27. The van der Waals surface area contributed by atoms with Crippen molar-refractivity contribution < 1.29 is 9.59 Å². The molecular formula is C17H15ClN6O3. The second kappa shape index (κ2) is 7.42. The Balaban J connectivity index is 1.90. The highest BCUT2D eigenvalue weighted by atomic mass is 35.5. The summed E-state index contributed by atoms with van der Waals surface area (Å²) in [6.45, 7) is 3.06. The summed E-state index contributed by atoms with van der Waals surface area (Å²) in [6, 6.07) is 7.54. The molecule has 2 aromatic heterocycles. The molecule has 138 valence electrons. The van der Waals surface area contributed by atoms with Gasteiger partial charge in [-0.3, -0.25) is 14.4 Å². The summed E-state index contributed by atoms with van der Waals surface area (Å²) in [5.74, 6) is -0.342. The molecule has 27 heavy (non-hydrogen) atoms. The van der Waals surface area contributed by atoms with E-state index in [1.54, 1.807) is 19.1 Å². The molecule has 3 N–H and O–H groups in total. The fourth-order valence-electron chi connectivity index (χ4n) is 2.43. The molecule has 0 aliphatic heterocycles. The van der Waals surface area contributed by atoms with Gasteiger partial charge in [-0.25, -0.2) is 9.78 Å². The van der Waals surface area contributed by atoms with Crippen LogP contribution in [0.1, 0.15) is 23.0 Å². The van der Waals surface area contributed by atoms with E-state index in [0.29, 0.717) is 33.5 Å². The molecule has 0 aliphatic rings. The molecule has 0 saturated heterocycles. The monoisotopic (exact) mass is 386 g/mol. The van der Waals surface area contributed by atoms with E-state index in [2.05, 4.69) is 25.9 Å². The van der Waals surface area contributed by atoms with Crippen LogP contribution in [0.5, 0.6) is 0 Å². The van der Waals surface area contributed by atoms with Crippen molar-refractivity contribution in [1.82, 2.24) is 20.0 Å². The van der Waals surface area contributed by atoms with Crippen LogP contribution in [-0.2, 0) is 4.79 Å². The molecule has 9 nitrogen and oxygen atoms in total. The summed E-state index contributed by atoms with van der Waals surface area (Å²) in [7, 11) is 0. The maximum absolute atomic E-state index is 12.7. The molecule has 1 aromatic carbocycles. The fourth-order valence-corrected chi connectivity index (χ4v) is 2.60. The Bertz CT molecular complexity index is 1070. The predicted molar refractivity (Wildman–Crippen MR) is 100 cm³/mol. The van der Waals surface area contributed by atoms with Gasteiger partial charge in [-0.05, 0) is 31.2 Å². The molecule has 3 aromatic rings. The normalized spacial score (nSPS) is 10.5. The van der Waals surface area contributed by atoms with Gasteiger partial charge in [-0.2, -0.15) is 10.2 Å². The number of halogens is 1. The van der Waals surface area contributed by atoms with Gasteiger partial charge in [0.05, 0.1) is 28.8 Å². The molecule has 10 heteroatoms. The Morgan fingerprint density at radius 3 is 2.59 bits per heavy atom. The van der Waals surface area contributed by atoms with E-state index in [1.165, 1.54) is 36.0 Å². The summed E-state index contributed by atoms with van der Waals surface area (Å²) in [4.78, 5) is 35.2. The van der Waals surface area contributed by atoms with Gasteiger partial charge >= 0.3 is 0 Å². The molecule has 0 fully saturated rings. The molecule has 0 radical (unpaired) electrons. The molecule has 3 rings (SSSR count). The van der Waals surface area contributed by atoms with Crippen LogP contribution in [-0.4, -0.2) is 31.8 Å². The van der Waals surface area contributed by atoms with Crippen molar-refractivity contribution in [3.8, 4) is 5.82 Å². The van der Waals surface area contributed by atoms with Crippen LogP contribution in [0.2, 0.25) is 5.02 Å². The van der Waals surface area contributed by atoms with Crippen molar-refractivity contribution >= 4 is 34.8 Å². The molecular weight excluding hydrogens is 372 g/mol. The van der Waals surface area contributed by atoms with Crippen LogP contribution < -0.4 is 16.2 Å². The third-order valence-electron chi connectivity index (χ3n) is 3.68. The van der Waals surface area contributed by atoms with Gasteiger partial charge in [-0.15, -0.1) is 0 Å². The van der Waals surface area contributed by atoms with Gasteiger partial charge < -0.3 is 10.6 Å². The zero-order valence-corrected chi connectivity index (χ0v) is 15.2. The van der Waals surface area contributed by atoms with Crippen molar-refractivity contribution in [3.05, 3.63) is 63.2 Å². The van der Waals surface area contributed by atoms with Crippen molar-refractivity contribution in [2.75, 3.05) is 10.6 Å². The number of carbonyl (C=O) groups excluding carboxylic acids is 2. The molecule has 0 bridgehead atoms. The van der Waals surface area contributed by atoms with E-state index >= 15 is 0 Å². The minimum absolute atomic E-state index is 0.277. The first-order valence-electron chi connectivity index (χ1n) is 7.84. The highest BCUT2D eigenvalue weighted by Gasteiger charge is 2.17. The molecule has 0 aliphatic carbocycles. The molecule has 0 atom stereocenters. The van der Waals surface area contributed by atoms with E-state index in [-0.39, 0.29) is 11.5 Å². The Morgan fingerprint density at radius 2 is 1.93 bits per heavy atom. The summed E-state index contributed by atoms with van der Waals surface area (Å²) < 4.78 is 1.43. The van der Waals surface area contributed by atoms with Gasteiger partial charge in [0.15, 0.2) is 5.82 Å². The fraction of sp³-hybridized carbons (Fsp3) is 0.118. The maximum atomic E-state index is 12.7. The zero-order chi connectivity index (χ0) is 19.6. The van der Waals surface area contributed by atoms with Crippen LogP contribution in [0.3, 0.4) is 0 Å². The van der Waals surface area contributed by atoms with E-state index in [0.717, 1.165) is 0 Å². The lowest BCUT2D eigenvalue weighted by molar-refractivity contribution is -0.114. The number of benzene rings is 1. The zero-order valence-electron chi connectivity index (χ0n) is 14.4. The number of hydrogen-bond acceptors (Lipinski definition) is 5. The lowest BCUT2D eigenvalue weighted by atomic mass is 10.2. The minimum Gasteiger partial charge on any atom is -0.325 e. The average Bonchev–Trinajstić information content (AvgIpc) is 2.99. The van der Waals surface area contributed by atoms with Crippen molar-refractivity contribution in [1.29, 1.82) is 0 Å². The van der Waals surface area contributed by atoms with Gasteiger partial charge in [-0.1, -0.05) is 11.6 Å². The number of hydrogen-bond donors (Lipinski definition) is 3. The smallest absolute Gasteiger partial charge is 0.264 e. The van der Waals surface area contributed by atoms with Crippen LogP contribution >= 0.6 is 11.6 Å². The highest BCUT2D eigenvalue weighted by molar-refractivity contribution is 6.31. The largest absolute Gasteiger partial charge is 0.325 e. The van der Waals surface area contributed by atoms with Crippen molar-refractivity contribution in [2.45, 2.75) is 13.8 Å². The number of carbonyl (C=O) groups is 2. The Hall–Kier alpha value is -3.46. The second-order valence-corrected chi connectivity index (χ2v) is 6.10. The third kappa shape index (κ3) is 4.04. The third-order valence-corrected chi connectivity index (χ3v) is 3.91. The van der Waals surface area contributed by atoms with E-state index in [9.17, 15) is 14.4 Å². The molecule has 0 spiro atoms. The van der Waals surface area contributed by atoms with E-state index in [1.807, 2.05) is 0 Å². The number of aromatic nitrogens is 4. The summed E-state index contributed by atoms with van der Waals surface area (Å²) in [5, 5.41) is 16.1. The Kier molecular flexibility index (Phi) is 5.04. The van der Waals surface area contributed by atoms with Gasteiger partial charge in [0, 0.05) is 18.0 Å². The number of nitrogens with one attached hydrogen (secondary N) is 3. The van der Waals surface area contributed by atoms with E-state index in [4.69, 9.17) is 11.6 Å². The number of anilines is 2. The summed E-state index contributed by atoms with van der Waals surface area (Å²) >= 11 is 5.99. The van der Waals surface area contributed by atoms with Crippen LogP contribution in [0.25, 0.3) is 5.82 Å². The lowest BCUT2D eigenvalue weighted by Gasteiger charge is -2.12. The molecule has 2 heterocycles. The van der Waals surface area contributed by atoms with Crippen molar-refractivity contribution in [3.63, 3.8) is 0 Å².